The molecule has 123 valence electrons. The van der Waals surface area contributed by atoms with Crippen LogP contribution in [-0.4, -0.2) is 29.9 Å². The third-order valence-corrected chi connectivity index (χ3v) is 2.06. The minimum atomic E-state index is -0.491. The van der Waals surface area contributed by atoms with Crippen LogP contribution in [0, 0.1) is 6.54 Å². The van der Waals surface area contributed by atoms with Gasteiger partial charge in [-0.25, -0.2) is 9.59 Å². The van der Waals surface area contributed by atoms with Crippen LogP contribution in [0.25, 0.3) is 0 Å². The van der Waals surface area contributed by atoms with Gasteiger partial charge >= 0.3 is 12.2 Å². The number of hydrogen-bond acceptors (Lipinski definition) is 4. The van der Waals surface area contributed by atoms with E-state index in [1.165, 1.54) is 0 Å². The van der Waals surface area contributed by atoms with Crippen molar-refractivity contribution in [2.45, 2.75) is 72.0 Å². The average molecular weight is 301 g/mol. The molecule has 0 aromatic carbocycles. The SMILES string of the molecule is CC(C)(C)OC(=O)N[CH]CCCCNC(=O)OC(C)(C)C. The Bertz CT molecular complexity index is 298. The molecule has 0 spiro atoms. The Labute approximate surface area is 127 Å². The molecule has 0 atom stereocenters. The number of nitrogens with one attached hydrogen (secondary N) is 2. The predicted octanol–water partition coefficient (Wildman–Crippen LogP) is 3.37. The van der Waals surface area contributed by atoms with E-state index in [4.69, 9.17) is 9.47 Å². The van der Waals surface area contributed by atoms with Crippen molar-refractivity contribution < 1.29 is 19.1 Å². The molecule has 0 rings (SSSR count). The van der Waals surface area contributed by atoms with E-state index < -0.39 is 23.4 Å². The van der Waals surface area contributed by atoms with E-state index in [1.807, 2.05) is 41.5 Å². The van der Waals surface area contributed by atoms with E-state index in [1.54, 1.807) is 6.54 Å². The van der Waals surface area contributed by atoms with Crippen molar-refractivity contribution in [2.24, 2.45) is 0 Å². The van der Waals surface area contributed by atoms with Gasteiger partial charge in [0, 0.05) is 6.54 Å². The van der Waals surface area contributed by atoms with Gasteiger partial charge < -0.3 is 20.1 Å². The van der Waals surface area contributed by atoms with Gasteiger partial charge in [-0.2, -0.15) is 0 Å². The molecule has 0 aromatic rings. The van der Waals surface area contributed by atoms with E-state index in [2.05, 4.69) is 10.6 Å². The average Bonchev–Trinajstić information content (AvgIpc) is 2.22. The second-order valence-electron chi connectivity index (χ2n) is 6.77. The summed E-state index contributed by atoms with van der Waals surface area (Å²) in [6.07, 6.45) is 1.53. The van der Waals surface area contributed by atoms with Crippen LogP contribution in [0.3, 0.4) is 0 Å². The van der Waals surface area contributed by atoms with Crippen molar-refractivity contribution in [1.82, 2.24) is 10.6 Å². The molecule has 0 fully saturated rings. The van der Waals surface area contributed by atoms with Gasteiger partial charge in [-0.1, -0.05) is 0 Å². The molecular weight excluding hydrogens is 272 g/mol. The summed E-state index contributed by atoms with van der Waals surface area (Å²) in [5.74, 6) is 0. The fraction of sp³-hybridized carbons (Fsp3) is 0.800. The Morgan fingerprint density at radius 1 is 0.905 bits per heavy atom. The van der Waals surface area contributed by atoms with Crippen LogP contribution in [-0.2, 0) is 9.47 Å². The van der Waals surface area contributed by atoms with Gasteiger partial charge in [0.15, 0.2) is 0 Å². The van der Waals surface area contributed by atoms with Crippen molar-refractivity contribution in [3.05, 3.63) is 6.54 Å². The Morgan fingerprint density at radius 2 is 1.43 bits per heavy atom. The van der Waals surface area contributed by atoms with E-state index >= 15 is 0 Å². The number of carbonyl (C=O) groups excluding carboxylic acids is 2. The zero-order chi connectivity index (χ0) is 16.5. The molecule has 1 radical (unpaired) electrons. The Balaban J connectivity index is 3.49. The van der Waals surface area contributed by atoms with Gasteiger partial charge in [0.25, 0.3) is 0 Å². The topological polar surface area (TPSA) is 76.7 Å². The van der Waals surface area contributed by atoms with Crippen LogP contribution in [0.1, 0.15) is 60.8 Å². The van der Waals surface area contributed by atoms with Crippen LogP contribution >= 0.6 is 0 Å². The van der Waals surface area contributed by atoms with E-state index in [0.717, 1.165) is 19.3 Å². The normalized spacial score (nSPS) is 11.7. The number of carbonyl (C=O) groups is 2. The quantitative estimate of drug-likeness (QED) is 0.737. The minimum absolute atomic E-state index is 0.404. The third kappa shape index (κ3) is 14.8. The first-order valence-corrected chi connectivity index (χ1v) is 7.28. The fourth-order valence-electron chi connectivity index (χ4n) is 1.34. The van der Waals surface area contributed by atoms with Crippen molar-refractivity contribution >= 4 is 12.2 Å². The molecule has 21 heavy (non-hydrogen) atoms. The first-order valence-electron chi connectivity index (χ1n) is 7.28. The lowest BCUT2D eigenvalue weighted by molar-refractivity contribution is 0.0523. The maximum Gasteiger partial charge on any atom is 0.407 e. The smallest absolute Gasteiger partial charge is 0.407 e. The standard InChI is InChI=1S/C15H29N2O4/c1-14(2,3)20-12(18)16-10-8-7-9-11-17-13(19)21-15(4,5)6/h10H,7-9,11H2,1-6H3,(H,16,18)(H,17,19). The summed E-state index contributed by atoms with van der Waals surface area (Å²) in [5, 5.41) is 5.25. The Kier molecular flexibility index (Phi) is 8.14. The monoisotopic (exact) mass is 301 g/mol. The van der Waals surface area contributed by atoms with Crippen LogP contribution in [0.5, 0.6) is 0 Å². The molecule has 0 aliphatic carbocycles. The van der Waals surface area contributed by atoms with Gasteiger partial charge in [0.2, 0.25) is 0 Å². The number of amides is 2. The van der Waals surface area contributed by atoms with E-state index in [-0.39, 0.29) is 0 Å². The van der Waals surface area contributed by atoms with Crippen LogP contribution in [0.15, 0.2) is 0 Å². The second kappa shape index (κ2) is 8.74. The van der Waals surface area contributed by atoms with Gasteiger partial charge in [-0.15, -0.1) is 0 Å². The predicted molar refractivity (Wildman–Crippen MR) is 81.8 cm³/mol. The zero-order valence-electron chi connectivity index (χ0n) is 14.0. The number of ether oxygens (including phenoxy) is 2. The summed E-state index contributed by atoms with van der Waals surface area (Å²) < 4.78 is 10.2. The molecule has 6 heteroatoms. The van der Waals surface area contributed by atoms with Crippen molar-refractivity contribution in [3.8, 4) is 0 Å². The number of alkyl carbamates (subject to hydrolysis) is 2. The molecule has 0 aliphatic heterocycles. The maximum atomic E-state index is 11.4. The fourth-order valence-corrected chi connectivity index (χ4v) is 1.34. The highest BCUT2D eigenvalue weighted by Gasteiger charge is 2.16. The molecular formula is C15H29N2O4. The molecule has 2 amide bonds. The largest absolute Gasteiger partial charge is 0.444 e. The van der Waals surface area contributed by atoms with Crippen LogP contribution < -0.4 is 10.6 Å². The molecule has 0 unspecified atom stereocenters. The lowest BCUT2D eigenvalue weighted by atomic mass is 10.2. The van der Waals surface area contributed by atoms with Gasteiger partial charge in [-0.3, -0.25) is 0 Å². The van der Waals surface area contributed by atoms with Gasteiger partial charge in [-0.05, 0) is 60.8 Å². The highest BCUT2D eigenvalue weighted by atomic mass is 16.6. The van der Waals surface area contributed by atoms with E-state index in [9.17, 15) is 9.59 Å². The van der Waals surface area contributed by atoms with Crippen molar-refractivity contribution in [2.75, 3.05) is 6.54 Å². The third-order valence-electron chi connectivity index (χ3n) is 2.06. The summed E-state index contributed by atoms with van der Waals surface area (Å²) >= 11 is 0. The highest BCUT2D eigenvalue weighted by Crippen LogP contribution is 2.07. The highest BCUT2D eigenvalue weighted by molar-refractivity contribution is 5.68. The molecule has 0 saturated carbocycles. The molecule has 0 aromatic heterocycles. The summed E-state index contributed by atoms with van der Waals surface area (Å²) in [6, 6.07) is 0. The number of hydrogen-bond donors (Lipinski definition) is 2. The minimum Gasteiger partial charge on any atom is -0.444 e. The van der Waals surface area contributed by atoms with E-state index in [0.29, 0.717) is 6.54 Å². The van der Waals surface area contributed by atoms with Crippen LogP contribution in [0.4, 0.5) is 9.59 Å². The zero-order valence-corrected chi connectivity index (χ0v) is 14.0. The summed E-state index contributed by atoms with van der Waals surface area (Å²) in [6.45, 7) is 13.1. The summed E-state index contributed by atoms with van der Waals surface area (Å²) in [5.41, 5.74) is -0.968. The molecule has 0 aliphatic rings. The van der Waals surface area contributed by atoms with Crippen LogP contribution in [0.2, 0.25) is 0 Å². The summed E-state index contributed by atoms with van der Waals surface area (Å²) in [7, 11) is 0. The molecule has 0 heterocycles. The Morgan fingerprint density at radius 3 is 1.95 bits per heavy atom. The second-order valence-corrected chi connectivity index (χ2v) is 6.77. The van der Waals surface area contributed by atoms with Crippen molar-refractivity contribution in [1.29, 1.82) is 0 Å². The molecule has 0 saturated heterocycles. The van der Waals surface area contributed by atoms with Crippen molar-refractivity contribution in [3.63, 3.8) is 0 Å². The maximum absolute atomic E-state index is 11.4. The lowest BCUT2D eigenvalue weighted by Gasteiger charge is -2.19. The molecule has 6 nitrogen and oxygen atoms in total. The molecule has 0 bridgehead atoms. The Hall–Kier alpha value is -1.46. The van der Waals surface area contributed by atoms with Gasteiger partial charge in [0.05, 0.1) is 6.54 Å². The summed E-state index contributed by atoms with van der Waals surface area (Å²) in [4.78, 5) is 22.7. The number of unbranched alkanes of at least 4 members (excludes halogenated alkanes) is 2. The number of rotatable bonds is 6. The van der Waals surface area contributed by atoms with Gasteiger partial charge in [0.1, 0.15) is 11.2 Å². The first-order chi connectivity index (χ1) is 9.49. The molecule has 2 N–H and O–H groups in total. The lowest BCUT2D eigenvalue weighted by Crippen LogP contribution is -2.33. The first kappa shape index (κ1) is 19.5.